The molecule has 3 aliphatic rings. The molecule has 2 nitrogen and oxygen atoms in total. The fourth-order valence-corrected chi connectivity index (χ4v) is 7.01. The van der Waals surface area contributed by atoms with Gasteiger partial charge in [-0.3, -0.25) is 0 Å². The Morgan fingerprint density at radius 3 is 2.64 bits per heavy atom. The second kappa shape index (κ2) is 6.62. The van der Waals surface area contributed by atoms with Gasteiger partial charge >= 0.3 is 0 Å². The fraction of sp³-hybridized carbons (Fsp3) is 0.538. The van der Waals surface area contributed by atoms with Crippen LogP contribution in [0, 0.1) is 17.3 Å². The van der Waals surface area contributed by atoms with Gasteiger partial charge in [-0.25, -0.2) is 0 Å². The van der Waals surface area contributed by atoms with Crippen LogP contribution in [0.1, 0.15) is 61.6 Å². The van der Waals surface area contributed by atoms with Crippen LogP contribution in [0.25, 0.3) is 0 Å². The molecule has 28 heavy (non-hydrogen) atoms. The van der Waals surface area contributed by atoms with E-state index >= 15 is 0 Å². The lowest BCUT2D eigenvalue weighted by molar-refractivity contribution is -0.102. The summed E-state index contributed by atoms with van der Waals surface area (Å²) >= 11 is 0. The summed E-state index contributed by atoms with van der Waals surface area (Å²) in [5.41, 5.74) is 3.77. The first-order valence-corrected chi connectivity index (χ1v) is 11.0. The van der Waals surface area contributed by atoms with Crippen LogP contribution in [0.5, 0.6) is 5.75 Å². The van der Waals surface area contributed by atoms with Gasteiger partial charge in [0.2, 0.25) is 0 Å². The topological polar surface area (TPSA) is 29.5 Å². The summed E-state index contributed by atoms with van der Waals surface area (Å²) in [7, 11) is 1.76. The van der Waals surface area contributed by atoms with Crippen molar-refractivity contribution in [1.82, 2.24) is 0 Å². The number of hydrogen-bond donors (Lipinski definition) is 1. The zero-order valence-corrected chi connectivity index (χ0v) is 17.2. The first-order chi connectivity index (χ1) is 13.5. The molecule has 0 aliphatic heterocycles. The van der Waals surface area contributed by atoms with Gasteiger partial charge < -0.3 is 9.84 Å². The second-order valence-corrected chi connectivity index (χ2v) is 9.67. The SMILES string of the molecule is COc1ccc2c(c1)[C@H]1CC[C@@]3(C)[C@@H](CC[C@@]3(O)Cc3ccccc3)[C@@H]1CC2. The standard InChI is InChI=1S/C26H32O2/c1-25-14-12-21-22(11-9-19-8-10-20(28-2)16-23(19)21)24(25)13-15-26(25,27)17-18-6-4-3-5-7-18/h3-8,10,16,21-22,24,27H,9,11-15,17H2,1-2H3/t21-,22+,24-,25-,26+/m0/s1. The normalized spacial score (nSPS) is 36.3. The van der Waals surface area contributed by atoms with Crippen molar-refractivity contribution in [2.75, 3.05) is 7.11 Å². The van der Waals surface area contributed by atoms with Gasteiger partial charge in [0.1, 0.15) is 5.75 Å². The van der Waals surface area contributed by atoms with Gasteiger partial charge in [-0.15, -0.1) is 0 Å². The largest absolute Gasteiger partial charge is 0.497 e. The highest BCUT2D eigenvalue weighted by Crippen LogP contribution is 2.64. The molecule has 0 heterocycles. The van der Waals surface area contributed by atoms with E-state index in [0.717, 1.165) is 25.0 Å². The minimum Gasteiger partial charge on any atom is -0.497 e. The van der Waals surface area contributed by atoms with Crippen molar-refractivity contribution in [3.8, 4) is 5.75 Å². The van der Waals surface area contributed by atoms with Crippen molar-refractivity contribution in [2.45, 2.75) is 63.4 Å². The van der Waals surface area contributed by atoms with E-state index in [4.69, 9.17) is 4.74 Å². The quantitative estimate of drug-likeness (QED) is 0.764. The molecule has 0 spiro atoms. The Kier molecular flexibility index (Phi) is 4.32. The number of rotatable bonds is 3. The third kappa shape index (κ3) is 2.64. The molecular formula is C26H32O2. The smallest absolute Gasteiger partial charge is 0.119 e. The predicted octanol–water partition coefficient (Wildman–Crippen LogP) is 5.53. The van der Waals surface area contributed by atoms with Crippen LogP contribution in [0.15, 0.2) is 48.5 Å². The summed E-state index contributed by atoms with van der Waals surface area (Å²) in [5, 5.41) is 11.8. The molecule has 0 unspecified atom stereocenters. The van der Waals surface area contributed by atoms with Crippen molar-refractivity contribution in [2.24, 2.45) is 17.3 Å². The number of ether oxygens (including phenoxy) is 1. The molecule has 0 aromatic heterocycles. The Hall–Kier alpha value is -1.80. The van der Waals surface area contributed by atoms with Gasteiger partial charge in [0, 0.05) is 6.42 Å². The fourth-order valence-electron chi connectivity index (χ4n) is 7.01. The molecule has 5 atom stereocenters. The van der Waals surface area contributed by atoms with Crippen LogP contribution < -0.4 is 4.74 Å². The highest BCUT2D eigenvalue weighted by molar-refractivity contribution is 5.41. The van der Waals surface area contributed by atoms with Gasteiger partial charge in [0.05, 0.1) is 12.7 Å². The van der Waals surface area contributed by atoms with Crippen LogP contribution in [0.3, 0.4) is 0 Å². The first-order valence-electron chi connectivity index (χ1n) is 11.0. The molecule has 2 fully saturated rings. The summed E-state index contributed by atoms with van der Waals surface area (Å²) in [6.45, 7) is 2.39. The number of hydrogen-bond acceptors (Lipinski definition) is 2. The maximum atomic E-state index is 11.8. The molecule has 148 valence electrons. The number of methoxy groups -OCH3 is 1. The molecular weight excluding hydrogens is 344 g/mol. The van der Waals surface area contributed by atoms with Gasteiger partial charge in [0.25, 0.3) is 0 Å². The highest BCUT2D eigenvalue weighted by Gasteiger charge is 2.61. The lowest BCUT2D eigenvalue weighted by atomic mass is 9.53. The number of aliphatic hydroxyl groups is 1. The van der Waals surface area contributed by atoms with E-state index in [9.17, 15) is 5.11 Å². The van der Waals surface area contributed by atoms with Gasteiger partial charge in [-0.05, 0) is 90.5 Å². The molecule has 0 saturated heterocycles. The lowest BCUT2D eigenvalue weighted by Gasteiger charge is -2.53. The minimum absolute atomic E-state index is 0.0282. The van der Waals surface area contributed by atoms with Crippen molar-refractivity contribution in [3.05, 3.63) is 65.2 Å². The minimum atomic E-state index is -0.571. The maximum absolute atomic E-state index is 11.8. The van der Waals surface area contributed by atoms with E-state index in [1.54, 1.807) is 7.11 Å². The first kappa shape index (κ1) is 18.2. The molecule has 2 saturated carbocycles. The van der Waals surface area contributed by atoms with Gasteiger partial charge in [-0.1, -0.05) is 43.3 Å². The average Bonchev–Trinajstić information content (AvgIpc) is 2.98. The van der Waals surface area contributed by atoms with Crippen molar-refractivity contribution >= 4 is 0 Å². The van der Waals surface area contributed by atoms with Gasteiger partial charge in [0.15, 0.2) is 0 Å². The Morgan fingerprint density at radius 2 is 1.86 bits per heavy atom. The van der Waals surface area contributed by atoms with E-state index in [0.29, 0.717) is 17.8 Å². The molecule has 1 N–H and O–H groups in total. The van der Waals surface area contributed by atoms with Crippen LogP contribution in [-0.2, 0) is 12.8 Å². The lowest BCUT2D eigenvalue weighted by Crippen LogP contribution is -2.51. The zero-order chi connectivity index (χ0) is 19.4. The molecule has 5 rings (SSSR count). The van der Waals surface area contributed by atoms with E-state index < -0.39 is 5.60 Å². The molecule has 0 bridgehead atoms. The summed E-state index contributed by atoms with van der Waals surface area (Å²) < 4.78 is 5.53. The monoisotopic (exact) mass is 376 g/mol. The summed E-state index contributed by atoms with van der Waals surface area (Å²) in [6, 6.07) is 17.3. The van der Waals surface area contributed by atoms with Crippen molar-refractivity contribution in [3.63, 3.8) is 0 Å². The van der Waals surface area contributed by atoms with Gasteiger partial charge in [-0.2, -0.15) is 0 Å². The average molecular weight is 377 g/mol. The third-order valence-electron chi connectivity index (χ3n) is 8.60. The Labute approximate surface area is 168 Å². The van der Waals surface area contributed by atoms with Crippen LogP contribution in [0.4, 0.5) is 0 Å². The zero-order valence-electron chi connectivity index (χ0n) is 17.2. The van der Waals surface area contributed by atoms with Crippen LogP contribution in [-0.4, -0.2) is 17.8 Å². The van der Waals surface area contributed by atoms with Crippen LogP contribution in [0.2, 0.25) is 0 Å². The van der Waals surface area contributed by atoms with E-state index in [2.05, 4.69) is 55.5 Å². The molecule has 2 heteroatoms. The molecule has 2 aromatic carbocycles. The summed E-state index contributed by atoms with van der Waals surface area (Å²) in [4.78, 5) is 0. The summed E-state index contributed by atoms with van der Waals surface area (Å²) in [6.07, 6.45) is 7.66. The molecule has 3 aliphatic carbocycles. The summed E-state index contributed by atoms with van der Waals surface area (Å²) in [5.74, 6) is 2.94. The van der Waals surface area contributed by atoms with Crippen LogP contribution >= 0.6 is 0 Å². The Bertz CT molecular complexity index is 860. The van der Waals surface area contributed by atoms with Crippen molar-refractivity contribution < 1.29 is 9.84 Å². The maximum Gasteiger partial charge on any atom is 0.119 e. The predicted molar refractivity (Wildman–Crippen MR) is 113 cm³/mol. The Balaban J connectivity index is 1.45. The van der Waals surface area contributed by atoms with E-state index in [-0.39, 0.29) is 5.41 Å². The van der Waals surface area contributed by atoms with E-state index in [1.165, 1.54) is 42.4 Å². The van der Waals surface area contributed by atoms with E-state index in [1.807, 2.05) is 0 Å². The molecule has 0 radical (unpaired) electrons. The number of aryl methyl sites for hydroxylation is 1. The highest BCUT2D eigenvalue weighted by atomic mass is 16.5. The Morgan fingerprint density at radius 1 is 1.04 bits per heavy atom. The third-order valence-corrected chi connectivity index (χ3v) is 8.60. The van der Waals surface area contributed by atoms with Crippen molar-refractivity contribution in [1.29, 1.82) is 0 Å². The molecule has 2 aromatic rings. The number of fused-ring (bicyclic) bond motifs is 5. The second-order valence-electron chi connectivity index (χ2n) is 9.67. The number of benzene rings is 2. The molecule has 0 amide bonds.